The summed E-state index contributed by atoms with van der Waals surface area (Å²) < 4.78 is 1.45. The molecule has 1 heterocycles. The Bertz CT molecular complexity index is 676. The lowest BCUT2D eigenvalue weighted by Crippen LogP contribution is -2.57. The van der Waals surface area contributed by atoms with Crippen molar-refractivity contribution in [3.63, 3.8) is 0 Å². The number of carbonyl (C=O) groups excluding carboxylic acids is 1. The topological polar surface area (TPSA) is 84.2 Å². The molecule has 0 spiro atoms. The summed E-state index contributed by atoms with van der Waals surface area (Å²) in [6, 6.07) is 1.13. The van der Waals surface area contributed by atoms with Crippen LogP contribution in [0.2, 0.25) is 0 Å². The lowest BCUT2D eigenvalue weighted by atomic mass is 9.47. The second-order valence-electron chi connectivity index (χ2n) is 8.91. The Labute approximate surface area is 154 Å². The molecule has 4 aliphatic rings. The lowest BCUT2D eigenvalue weighted by molar-refractivity contribution is -0.129. The van der Waals surface area contributed by atoms with Crippen LogP contribution in [0, 0.1) is 23.2 Å². The summed E-state index contributed by atoms with van der Waals surface area (Å²) in [6.07, 6.45) is 10.5. The summed E-state index contributed by atoms with van der Waals surface area (Å²) in [5.41, 5.74) is 0.243. The summed E-state index contributed by atoms with van der Waals surface area (Å²) in [5.74, 6) is 1.43. The van der Waals surface area contributed by atoms with Gasteiger partial charge in [0.2, 0.25) is 5.91 Å². The monoisotopic (exact) mass is 359 g/mol. The third-order valence-corrected chi connectivity index (χ3v) is 7.15. The minimum absolute atomic E-state index is 0.0298. The molecule has 2 N–H and O–H groups in total. The molecule has 0 aromatic carbocycles. The van der Waals surface area contributed by atoms with Gasteiger partial charge in [-0.25, -0.2) is 4.79 Å². The summed E-state index contributed by atoms with van der Waals surface area (Å²) >= 11 is 0. The van der Waals surface area contributed by atoms with Crippen LogP contribution in [0.5, 0.6) is 0 Å². The van der Waals surface area contributed by atoms with Crippen LogP contribution >= 0.6 is 0 Å². The van der Waals surface area contributed by atoms with Gasteiger partial charge in [-0.2, -0.15) is 5.10 Å². The zero-order valence-electron chi connectivity index (χ0n) is 15.6. The van der Waals surface area contributed by atoms with Crippen molar-refractivity contribution in [3.8, 4) is 0 Å². The minimum Gasteiger partial charge on any atom is -0.476 e. The van der Waals surface area contributed by atoms with Gasteiger partial charge < -0.3 is 10.4 Å². The number of hydrogen-bond acceptors (Lipinski definition) is 3. The molecule has 4 bridgehead atoms. The van der Waals surface area contributed by atoms with Crippen LogP contribution in [0.1, 0.15) is 75.3 Å². The number of nitrogens with one attached hydrogen (secondary N) is 1. The number of hydrogen-bond donors (Lipinski definition) is 2. The Kier molecular flexibility index (Phi) is 4.32. The van der Waals surface area contributed by atoms with Gasteiger partial charge in [-0.1, -0.05) is 6.92 Å². The molecule has 0 radical (unpaired) electrons. The fraction of sp³-hybridized carbons (Fsp3) is 0.750. The maximum Gasteiger partial charge on any atom is 0.356 e. The SMILES string of the molecule is CCC(NC(=O)C(C)n1ccc(C(=O)O)n1)C12CC3CC(CC(C3)C1)C2. The van der Waals surface area contributed by atoms with Crippen LogP contribution in [0.3, 0.4) is 0 Å². The molecule has 4 aliphatic carbocycles. The maximum atomic E-state index is 12.9. The second kappa shape index (κ2) is 6.39. The first-order chi connectivity index (χ1) is 12.4. The predicted octanol–water partition coefficient (Wildman–Crippen LogP) is 3.25. The van der Waals surface area contributed by atoms with Crippen molar-refractivity contribution in [1.82, 2.24) is 15.1 Å². The van der Waals surface area contributed by atoms with Crippen molar-refractivity contribution in [2.75, 3.05) is 0 Å². The van der Waals surface area contributed by atoms with Crippen molar-refractivity contribution >= 4 is 11.9 Å². The van der Waals surface area contributed by atoms with E-state index in [1.165, 1.54) is 49.3 Å². The largest absolute Gasteiger partial charge is 0.476 e. The average molecular weight is 359 g/mol. The predicted molar refractivity (Wildman–Crippen MR) is 96.7 cm³/mol. The third-order valence-electron chi connectivity index (χ3n) is 7.15. The summed E-state index contributed by atoms with van der Waals surface area (Å²) in [6.45, 7) is 3.95. The number of carboxylic acids is 1. The highest BCUT2D eigenvalue weighted by Crippen LogP contribution is 2.61. The third kappa shape index (κ3) is 2.93. The summed E-state index contributed by atoms with van der Waals surface area (Å²) in [7, 11) is 0. The Morgan fingerprint density at radius 3 is 2.31 bits per heavy atom. The van der Waals surface area contributed by atoms with E-state index in [9.17, 15) is 9.59 Å². The van der Waals surface area contributed by atoms with E-state index in [-0.39, 0.29) is 23.1 Å². The molecule has 1 aromatic rings. The molecule has 26 heavy (non-hydrogen) atoms. The van der Waals surface area contributed by atoms with Crippen LogP contribution < -0.4 is 5.32 Å². The van der Waals surface area contributed by atoms with Gasteiger partial charge in [0.25, 0.3) is 0 Å². The van der Waals surface area contributed by atoms with E-state index in [1.54, 1.807) is 13.1 Å². The molecule has 4 saturated carbocycles. The maximum absolute atomic E-state index is 12.9. The first-order valence-corrected chi connectivity index (χ1v) is 9.99. The fourth-order valence-corrected chi connectivity index (χ4v) is 6.37. The molecule has 4 fully saturated rings. The van der Waals surface area contributed by atoms with Crippen molar-refractivity contribution in [3.05, 3.63) is 18.0 Å². The van der Waals surface area contributed by atoms with E-state index in [0.717, 1.165) is 24.2 Å². The van der Waals surface area contributed by atoms with Gasteiger partial charge in [-0.05, 0) is 81.1 Å². The first-order valence-electron chi connectivity index (χ1n) is 9.99. The van der Waals surface area contributed by atoms with E-state index in [2.05, 4.69) is 17.3 Å². The van der Waals surface area contributed by atoms with E-state index in [1.807, 2.05) is 0 Å². The molecular formula is C20H29N3O3. The Morgan fingerprint density at radius 2 is 1.85 bits per heavy atom. The number of aromatic carboxylic acids is 1. The van der Waals surface area contributed by atoms with Gasteiger partial charge in [0.05, 0.1) is 0 Å². The van der Waals surface area contributed by atoms with Crippen LogP contribution in [0.25, 0.3) is 0 Å². The zero-order chi connectivity index (χ0) is 18.5. The van der Waals surface area contributed by atoms with Crippen molar-refractivity contribution in [1.29, 1.82) is 0 Å². The normalized spacial score (nSPS) is 34.5. The number of aromatic nitrogens is 2. The van der Waals surface area contributed by atoms with Gasteiger partial charge in [0, 0.05) is 12.2 Å². The molecule has 0 aliphatic heterocycles. The highest BCUT2D eigenvalue weighted by Gasteiger charge is 2.54. The molecule has 5 rings (SSSR count). The summed E-state index contributed by atoms with van der Waals surface area (Å²) in [5, 5.41) is 16.3. The van der Waals surface area contributed by atoms with Gasteiger partial charge in [0.1, 0.15) is 6.04 Å². The van der Waals surface area contributed by atoms with Gasteiger partial charge in [-0.3, -0.25) is 9.48 Å². The van der Waals surface area contributed by atoms with Crippen molar-refractivity contribution in [2.24, 2.45) is 23.2 Å². The zero-order valence-corrected chi connectivity index (χ0v) is 15.6. The molecule has 1 amide bonds. The number of rotatable bonds is 6. The van der Waals surface area contributed by atoms with Gasteiger partial charge in [-0.15, -0.1) is 0 Å². The molecule has 2 unspecified atom stereocenters. The molecule has 0 saturated heterocycles. The Balaban J connectivity index is 1.47. The van der Waals surface area contributed by atoms with Gasteiger partial charge in [0.15, 0.2) is 5.69 Å². The molecule has 1 aromatic heterocycles. The first kappa shape index (κ1) is 17.6. The van der Waals surface area contributed by atoms with E-state index < -0.39 is 12.0 Å². The molecule has 142 valence electrons. The molecular weight excluding hydrogens is 330 g/mol. The average Bonchev–Trinajstić information content (AvgIpc) is 3.07. The molecule has 6 heteroatoms. The Hall–Kier alpha value is -1.85. The smallest absolute Gasteiger partial charge is 0.356 e. The number of amides is 1. The van der Waals surface area contributed by atoms with E-state index >= 15 is 0 Å². The van der Waals surface area contributed by atoms with Crippen molar-refractivity contribution in [2.45, 2.75) is 70.9 Å². The van der Waals surface area contributed by atoms with Crippen molar-refractivity contribution < 1.29 is 14.7 Å². The minimum atomic E-state index is -1.07. The quantitative estimate of drug-likeness (QED) is 0.816. The molecule has 6 nitrogen and oxygen atoms in total. The highest BCUT2D eigenvalue weighted by atomic mass is 16.4. The fourth-order valence-electron chi connectivity index (χ4n) is 6.37. The van der Waals surface area contributed by atoms with Gasteiger partial charge >= 0.3 is 5.97 Å². The number of carboxylic acid groups (broad SMARTS) is 1. The van der Waals surface area contributed by atoms with Crippen LogP contribution in [0.15, 0.2) is 12.3 Å². The standard InChI is InChI=1S/C20H29N3O3/c1-3-17(20-9-13-6-14(10-20)8-15(7-13)11-20)21-18(24)12(2)23-5-4-16(22-23)19(25)26/h4-5,12-15,17H,3,6-11H2,1-2H3,(H,21,24)(H,25,26). The van der Waals surface area contributed by atoms with Crippen LogP contribution in [-0.2, 0) is 4.79 Å². The number of carbonyl (C=O) groups is 2. The molecule has 2 atom stereocenters. The Morgan fingerprint density at radius 1 is 1.27 bits per heavy atom. The van der Waals surface area contributed by atoms with Crippen LogP contribution in [-0.4, -0.2) is 32.8 Å². The second-order valence-corrected chi connectivity index (χ2v) is 8.91. The summed E-state index contributed by atoms with van der Waals surface area (Å²) in [4.78, 5) is 23.9. The number of nitrogens with zero attached hydrogens (tertiary/aromatic N) is 2. The highest BCUT2D eigenvalue weighted by molar-refractivity contribution is 5.85. The van der Waals surface area contributed by atoms with E-state index in [0.29, 0.717) is 0 Å². The lowest BCUT2D eigenvalue weighted by Gasteiger charge is -2.59. The van der Waals surface area contributed by atoms with Crippen LogP contribution in [0.4, 0.5) is 0 Å². The van der Waals surface area contributed by atoms with E-state index in [4.69, 9.17) is 5.11 Å².